The lowest BCUT2D eigenvalue weighted by atomic mass is 9.84. The molecule has 5 nitrogen and oxygen atoms in total. The van der Waals surface area contributed by atoms with E-state index in [0.717, 1.165) is 38.8 Å². The summed E-state index contributed by atoms with van der Waals surface area (Å²) in [4.78, 5) is 28.0. The van der Waals surface area contributed by atoms with Crippen molar-refractivity contribution in [2.24, 2.45) is 11.8 Å². The number of hydrogen-bond donors (Lipinski definition) is 2. The Morgan fingerprint density at radius 1 is 1.15 bits per heavy atom. The maximum atomic E-state index is 13.2. The van der Waals surface area contributed by atoms with E-state index in [9.17, 15) is 9.59 Å². The van der Waals surface area contributed by atoms with Gasteiger partial charge in [-0.3, -0.25) is 9.59 Å². The third-order valence-corrected chi connectivity index (χ3v) is 6.40. The summed E-state index contributed by atoms with van der Waals surface area (Å²) in [6, 6.07) is 6.84. The number of hydrogen-bond acceptors (Lipinski definition) is 3. The third-order valence-electron chi connectivity index (χ3n) is 6.15. The minimum absolute atomic E-state index is 0.00798. The molecule has 140 valence electrons. The van der Waals surface area contributed by atoms with Crippen LogP contribution in [0.1, 0.15) is 42.5 Å². The predicted octanol–water partition coefficient (Wildman–Crippen LogP) is 2.45. The van der Waals surface area contributed by atoms with E-state index in [4.69, 9.17) is 11.6 Å². The van der Waals surface area contributed by atoms with Gasteiger partial charge in [-0.2, -0.15) is 0 Å². The molecule has 2 aliphatic heterocycles. The molecule has 1 saturated carbocycles. The van der Waals surface area contributed by atoms with Gasteiger partial charge in [0.15, 0.2) is 0 Å². The molecule has 2 heterocycles. The molecule has 1 aliphatic carbocycles. The fourth-order valence-electron chi connectivity index (χ4n) is 4.58. The van der Waals surface area contributed by atoms with Crippen molar-refractivity contribution in [3.63, 3.8) is 0 Å². The number of halogens is 1. The van der Waals surface area contributed by atoms with Crippen molar-refractivity contribution in [3.05, 3.63) is 34.9 Å². The molecule has 0 spiro atoms. The zero-order valence-corrected chi connectivity index (χ0v) is 15.7. The molecule has 26 heavy (non-hydrogen) atoms. The van der Waals surface area contributed by atoms with E-state index in [-0.39, 0.29) is 23.9 Å². The molecule has 4 rings (SSSR count). The van der Waals surface area contributed by atoms with Crippen molar-refractivity contribution in [3.8, 4) is 0 Å². The number of rotatable bonds is 4. The fourth-order valence-corrected chi connectivity index (χ4v) is 4.71. The third kappa shape index (κ3) is 3.47. The first-order chi connectivity index (χ1) is 12.6. The van der Waals surface area contributed by atoms with Crippen LogP contribution in [0.4, 0.5) is 0 Å². The van der Waals surface area contributed by atoms with Gasteiger partial charge >= 0.3 is 0 Å². The van der Waals surface area contributed by atoms with Crippen LogP contribution in [-0.4, -0.2) is 48.4 Å². The number of likely N-dealkylation sites (tertiary alicyclic amines) is 1. The van der Waals surface area contributed by atoms with E-state index in [2.05, 4.69) is 10.6 Å². The molecule has 3 atom stereocenters. The second-order valence-corrected chi connectivity index (χ2v) is 8.29. The Balaban J connectivity index is 1.53. The van der Waals surface area contributed by atoms with E-state index in [0.29, 0.717) is 29.0 Å². The number of benzene rings is 1. The Labute approximate surface area is 159 Å². The first kappa shape index (κ1) is 17.8. The van der Waals surface area contributed by atoms with Crippen molar-refractivity contribution in [2.45, 2.75) is 44.2 Å². The predicted molar refractivity (Wildman–Crippen MR) is 101 cm³/mol. The summed E-state index contributed by atoms with van der Waals surface area (Å²) in [7, 11) is 0. The number of amides is 2. The fraction of sp³-hybridized carbons (Fsp3) is 0.600. The highest BCUT2D eigenvalue weighted by Crippen LogP contribution is 2.40. The Morgan fingerprint density at radius 3 is 2.58 bits per heavy atom. The molecular weight excluding hydrogens is 350 g/mol. The summed E-state index contributed by atoms with van der Waals surface area (Å²) in [5.41, 5.74) is 0.613. The van der Waals surface area contributed by atoms with Crippen LogP contribution in [0.15, 0.2) is 24.3 Å². The van der Waals surface area contributed by atoms with Crippen molar-refractivity contribution in [2.75, 3.05) is 19.6 Å². The zero-order valence-electron chi connectivity index (χ0n) is 14.9. The summed E-state index contributed by atoms with van der Waals surface area (Å²) < 4.78 is 0. The van der Waals surface area contributed by atoms with Gasteiger partial charge in [-0.15, -0.1) is 0 Å². The van der Waals surface area contributed by atoms with Crippen molar-refractivity contribution < 1.29 is 9.59 Å². The van der Waals surface area contributed by atoms with Gasteiger partial charge in [-0.05, 0) is 49.4 Å². The topological polar surface area (TPSA) is 61.4 Å². The maximum absolute atomic E-state index is 13.2. The van der Waals surface area contributed by atoms with Crippen molar-refractivity contribution in [1.29, 1.82) is 0 Å². The second kappa shape index (κ2) is 7.57. The normalized spacial score (nSPS) is 28.3. The number of carbonyl (C=O) groups excluding carboxylic acids is 2. The molecule has 1 aromatic carbocycles. The standard InChI is InChI=1S/C20H26ClN3O2/c21-16-7-5-14(6-8-16)20(26)24-17-4-2-1-3-15(17)9-18(24)19(25)23-12-13-10-22-11-13/h5-8,13,15,17-18,22H,1-4,9-12H2,(H,23,25). The Kier molecular flexibility index (Phi) is 5.18. The Bertz CT molecular complexity index is 674. The van der Waals surface area contributed by atoms with Gasteiger partial charge in [0.25, 0.3) is 5.91 Å². The molecule has 0 radical (unpaired) electrons. The first-order valence-corrected chi connectivity index (χ1v) is 10.1. The van der Waals surface area contributed by atoms with Crippen LogP contribution in [0.2, 0.25) is 5.02 Å². The van der Waals surface area contributed by atoms with Crippen LogP contribution in [0.5, 0.6) is 0 Å². The van der Waals surface area contributed by atoms with Gasteiger partial charge in [-0.25, -0.2) is 0 Å². The second-order valence-electron chi connectivity index (χ2n) is 7.85. The van der Waals surface area contributed by atoms with Crippen molar-refractivity contribution in [1.82, 2.24) is 15.5 Å². The van der Waals surface area contributed by atoms with E-state index < -0.39 is 0 Å². The number of carbonyl (C=O) groups is 2. The lowest BCUT2D eigenvalue weighted by molar-refractivity contribution is -0.125. The zero-order chi connectivity index (χ0) is 18.1. The van der Waals surface area contributed by atoms with Gasteiger partial charge in [0.1, 0.15) is 6.04 Å². The monoisotopic (exact) mass is 375 g/mol. The van der Waals surface area contributed by atoms with Crippen LogP contribution in [0.25, 0.3) is 0 Å². The highest BCUT2D eigenvalue weighted by atomic mass is 35.5. The molecule has 2 N–H and O–H groups in total. The smallest absolute Gasteiger partial charge is 0.254 e. The molecule has 1 aromatic rings. The average Bonchev–Trinajstić information content (AvgIpc) is 3.00. The quantitative estimate of drug-likeness (QED) is 0.849. The van der Waals surface area contributed by atoms with Crippen LogP contribution in [0, 0.1) is 11.8 Å². The molecule has 0 bridgehead atoms. The lowest BCUT2D eigenvalue weighted by Gasteiger charge is -2.34. The SMILES string of the molecule is O=C(NCC1CNC1)C1CC2CCCCC2N1C(=O)c1ccc(Cl)cc1. The summed E-state index contributed by atoms with van der Waals surface area (Å²) >= 11 is 5.96. The van der Waals surface area contributed by atoms with E-state index in [1.165, 1.54) is 6.42 Å². The summed E-state index contributed by atoms with van der Waals surface area (Å²) in [6.45, 7) is 2.62. The van der Waals surface area contributed by atoms with E-state index >= 15 is 0 Å². The molecular formula is C20H26ClN3O2. The minimum Gasteiger partial charge on any atom is -0.354 e. The Hall–Kier alpha value is -1.59. The van der Waals surface area contributed by atoms with Gasteiger partial charge in [0.2, 0.25) is 5.91 Å². The lowest BCUT2D eigenvalue weighted by Crippen LogP contribution is -2.53. The summed E-state index contributed by atoms with van der Waals surface area (Å²) in [5.74, 6) is 0.930. The molecule has 3 unspecified atom stereocenters. The summed E-state index contributed by atoms with van der Waals surface area (Å²) in [5, 5.41) is 6.92. The van der Waals surface area contributed by atoms with Crippen LogP contribution in [-0.2, 0) is 4.79 Å². The minimum atomic E-state index is -0.348. The van der Waals surface area contributed by atoms with Gasteiger partial charge < -0.3 is 15.5 Å². The molecule has 2 amide bonds. The maximum Gasteiger partial charge on any atom is 0.254 e. The molecule has 0 aromatic heterocycles. The van der Waals surface area contributed by atoms with Crippen molar-refractivity contribution >= 4 is 23.4 Å². The number of fused-ring (bicyclic) bond motifs is 1. The number of nitrogens with one attached hydrogen (secondary N) is 2. The molecule has 3 aliphatic rings. The molecule has 6 heteroatoms. The average molecular weight is 376 g/mol. The summed E-state index contributed by atoms with van der Waals surface area (Å²) in [6.07, 6.45) is 5.24. The highest BCUT2D eigenvalue weighted by Gasteiger charge is 2.47. The van der Waals surface area contributed by atoms with Gasteiger partial charge in [0.05, 0.1) is 0 Å². The highest BCUT2D eigenvalue weighted by molar-refractivity contribution is 6.30. The van der Waals surface area contributed by atoms with Crippen LogP contribution >= 0.6 is 11.6 Å². The first-order valence-electron chi connectivity index (χ1n) is 9.70. The Morgan fingerprint density at radius 2 is 1.88 bits per heavy atom. The molecule has 2 saturated heterocycles. The van der Waals surface area contributed by atoms with Crippen LogP contribution in [0.3, 0.4) is 0 Å². The van der Waals surface area contributed by atoms with E-state index in [1.54, 1.807) is 24.3 Å². The van der Waals surface area contributed by atoms with Gasteiger partial charge in [-0.1, -0.05) is 24.4 Å². The largest absolute Gasteiger partial charge is 0.354 e. The van der Waals surface area contributed by atoms with E-state index in [1.807, 2.05) is 4.90 Å². The molecule has 3 fully saturated rings. The number of nitrogens with zero attached hydrogens (tertiary/aromatic N) is 1. The van der Waals surface area contributed by atoms with Crippen LogP contribution < -0.4 is 10.6 Å². The van der Waals surface area contributed by atoms with Gasteiger partial charge in [0, 0.05) is 42.2 Å².